The van der Waals surface area contributed by atoms with Gasteiger partial charge in [0.15, 0.2) is 0 Å². The number of aromatic nitrogens is 2. The number of rotatable bonds is 2. The van der Waals surface area contributed by atoms with E-state index in [9.17, 15) is 4.79 Å². The van der Waals surface area contributed by atoms with Crippen LogP contribution < -0.4 is 5.56 Å². The van der Waals surface area contributed by atoms with Gasteiger partial charge in [-0.15, -0.1) is 0 Å². The van der Waals surface area contributed by atoms with Crippen molar-refractivity contribution in [2.24, 2.45) is 0 Å². The molecule has 0 saturated carbocycles. The number of hydrogen-bond donors (Lipinski definition) is 0. The lowest BCUT2D eigenvalue weighted by Crippen LogP contribution is -2.25. The van der Waals surface area contributed by atoms with Crippen molar-refractivity contribution in [3.8, 4) is 11.8 Å². The minimum atomic E-state index is -0.244. The predicted molar refractivity (Wildman–Crippen MR) is 73.4 cm³/mol. The molecule has 0 spiro atoms. The van der Waals surface area contributed by atoms with E-state index in [1.807, 2.05) is 30.3 Å². The molecule has 0 aliphatic heterocycles. The normalized spacial score (nSPS) is 10.2. The molecule has 4 heteroatoms. The summed E-state index contributed by atoms with van der Waals surface area (Å²) in [7, 11) is 0. The van der Waals surface area contributed by atoms with Crippen molar-refractivity contribution in [3.05, 3.63) is 57.0 Å². The topological polar surface area (TPSA) is 58.7 Å². The second kappa shape index (κ2) is 5.07. The van der Waals surface area contributed by atoms with E-state index in [2.05, 4.69) is 12.0 Å². The molecule has 2 rings (SSSR count). The molecule has 0 saturated heterocycles. The largest absolute Gasteiger partial charge is 0.275 e. The molecule has 2 aromatic rings. The van der Waals surface area contributed by atoms with Crippen molar-refractivity contribution in [2.45, 2.75) is 27.2 Å². The van der Waals surface area contributed by atoms with Gasteiger partial charge in [-0.2, -0.15) is 15.0 Å². The van der Waals surface area contributed by atoms with Crippen LogP contribution in [-0.2, 0) is 6.42 Å². The Balaban J connectivity index is 2.63. The summed E-state index contributed by atoms with van der Waals surface area (Å²) in [5, 5.41) is 13.2. The van der Waals surface area contributed by atoms with Gasteiger partial charge in [0, 0.05) is 5.56 Å². The second-order valence-electron chi connectivity index (χ2n) is 4.43. The number of benzene rings is 1. The van der Waals surface area contributed by atoms with Crippen LogP contribution in [0.1, 0.15) is 29.3 Å². The summed E-state index contributed by atoms with van der Waals surface area (Å²) in [4.78, 5) is 12.2. The van der Waals surface area contributed by atoms with E-state index in [0.29, 0.717) is 16.8 Å². The molecule has 0 N–H and O–H groups in total. The molecule has 1 heterocycles. The lowest BCUT2D eigenvalue weighted by atomic mass is 10.1. The second-order valence-corrected chi connectivity index (χ2v) is 4.43. The third kappa shape index (κ3) is 2.27. The van der Waals surface area contributed by atoms with E-state index >= 15 is 0 Å². The zero-order chi connectivity index (χ0) is 14.0. The van der Waals surface area contributed by atoms with Gasteiger partial charge in [0.05, 0.1) is 16.9 Å². The van der Waals surface area contributed by atoms with Crippen LogP contribution in [0.5, 0.6) is 0 Å². The Bertz CT molecular complexity index is 706. The maximum absolute atomic E-state index is 12.2. The molecular weight excluding hydrogens is 238 g/mol. The van der Waals surface area contributed by atoms with Gasteiger partial charge in [-0.1, -0.05) is 19.1 Å². The molecule has 4 nitrogen and oxygen atoms in total. The molecule has 96 valence electrons. The van der Waals surface area contributed by atoms with E-state index < -0.39 is 0 Å². The highest BCUT2D eigenvalue weighted by Crippen LogP contribution is 2.10. The van der Waals surface area contributed by atoms with Gasteiger partial charge in [-0.3, -0.25) is 4.79 Å². The quantitative estimate of drug-likeness (QED) is 0.825. The highest BCUT2D eigenvalue weighted by atomic mass is 16.1. The molecule has 1 aromatic carbocycles. The summed E-state index contributed by atoms with van der Waals surface area (Å²) in [5.74, 6) is 0. The first-order valence-electron chi connectivity index (χ1n) is 6.18. The summed E-state index contributed by atoms with van der Waals surface area (Å²) in [6.07, 6.45) is 0.952. The molecule has 19 heavy (non-hydrogen) atoms. The Morgan fingerprint density at radius 2 is 1.89 bits per heavy atom. The first kappa shape index (κ1) is 13.0. The van der Waals surface area contributed by atoms with Gasteiger partial charge >= 0.3 is 0 Å². The van der Waals surface area contributed by atoms with E-state index in [1.54, 1.807) is 13.8 Å². The molecule has 0 amide bonds. The number of hydrogen-bond acceptors (Lipinski definition) is 3. The minimum absolute atomic E-state index is 0.244. The Labute approximate surface area is 111 Å². The number of nitriles is 1. The molecule has 0 atom stereocenters. The Hall–Kier alpha value is -2.41. The Morgan fingerprint density at radius 3 is 2.42 bits per heavy atom. The summed E-state index contributed by atoms with van der Waals surface area (Å²) in [6, 6.07) is 9.73. The smallest absolute Gasteiger partial charge is 0.267 e. The number of aryl methyl sites for hydroxylation is 2. The van der Waals surface area contributed by atoms with Crippen LogP contribution in [0.2, 0.25) is 0 Å². The summed E-state index contributed by atoms with van der Waals surface area (Å²) >= 11 is 0. The molecule has 1 aromatic heterocycles. The maximum Gasteiger partial charge on any atom is 0.275 e. The van der Waals surface area contributed by atoms with Gasteiger partial charge < -0.3 is 0 Å². The van der Waals surface area contributed by atoms with Gasteiger partial charge in [0.2, 0.25) is 0 Å². The third-order valence-corrected chi connectivity index (χ3v) is 3.20. The summed E-state index contributed by atoms with van der Waals surface area (Å²) < 4.78 is 1.35. The fourth-order valence-corrected chi connectivity index (χ4v) is 2.00. The highest BCUT2D eigenvalue weighted by Gasteiger charge is 2.12. The molecule has 0 radical (unpaired) electrons. The van der Waals surface area contributed by atoms with Crippen LogP contribution >= 0.6 is 0 Å². The molecule has 0 aliphatic carbocycles. The molecular formula is C15H15N3O. The Kier molecular flexibility index (Phi) is 3.48. The molecule has 0 unspecified atom stereocenters. The van der Waals surface area contributed by atoms with E-state index in [4.69, 9.17) is 5.26 Å². The van der Waals surface area contributed by atoms with Gasteiger partial charge in [-0.05, 0) is 38.0 Å². The summed E-state index contributed by atoms with van der Waals surface area (Å²) in [5.41, 5.74) is 3.06. The maximum atomic E-state index is 12.2. The van der Waals surface area contributed by atoms with Crippen molar-refractivity contribution in [1.29, 1.82) is 5.26 Å². The first-order valence-corrected chi connectivity index (χ1v) is 6.18. The van der Waals surface area contributed by atoms with Crippen LogP contribution in [0.4, 0.5) is 0 Å². The lowest BCUT2D eigenvalue weighted by Gasteiger charge is -2.09. The van der Waals surface area contributed by atoms with E-state index in [-0.39, 0.29) is 5.56 Å². The van der Waals surface area contributed by atoms with Crippen molar-refractivity contribution in [2.75, 3.05) is 0 Å². The van der Waals surface area contributed by atoms with E-state index in [0.717, 1.165) is 12.1 Å². The van der Waals surface area contributed by atoms with Crippen molar-refractivity contribution < 1.29 is 0 Å². The van der Waals surface area contributed by atoms with Crippen LogP contribution in [0.15, 0.2) is 29.1 Å². The van der Waals surface area contributed by atoms with Crippen LogP contribution in [0, 0.1) is 25.2 Å². The van der Waals surface area contributed by atoms with Gasteiger partial charge in [0.1, 0.15) is 6.07 Å². The zero-order valence-corrected chi connectivity index (χ0v) is 11.3. The zero-order valence-electron chi connectivity index (χ0n) is 11.3. The van der Waals surface area contributed by atoms with E-state index in [1.165, 1.54) is 10.2 Å². The fourth-order valence-electron chi connectivity index (χ4n) is 2.00. The molecule has 0 fully saturated rings. The first-order chi connectivity index (χ1) is 9.08. The standard InChI is InChI=1S/C15H15N3O/c1-4-12-5-7-13(8-6-12)18-15(19)10(2)14(9-16)11(3)17-18/h5-8H,4H2,1-3H3. The monoisotopic (exact) mass is 253 g/mol. The van der Waals surface area contributed by atoms with Gasteiger partial charge in [-0.25, -0.2) is 0 Å². The van der Waals surface area contributed by atoms with Crippen LogP contribution in [-0.4, -0.2) is 9.78 Å². The highest BCUT2D eigenvalue weighted by molar-refractivity contribution is 5.41. The molecule has 0 bridgehead atoms. The van der Waals surface area contributed by atoms with Crippen molar-refractivity contribution >= 4 is 0 Å². The van der Waals surface area contributed by atoms with Crippen LogP contribution in [0.3, 0.4) is 0 Å². The fraction of sp³-hybridized carbons (Fsp3) is 0.267. The van der Waals surface area contributed by atoms with Crippen LogP contribution in [0.25, 0.3) is 5.69 Å². The predicted octanol–water partition coefficient (Wildman–Crippen LogP) is 2.28. The average Bonchev–Trinajstić information content (AvgIpc) is 2.43. The van der Waals surface area contributed by atoms with Crippen molar-refractivity contribution in [3.63, 3.8) is 0 Å². The average molecular weight is 253 g/mol. The third-order valence-electron chi connectivity index (χ3n) is 3.20. The summed E-state index contributed by atoms with van der Waals surface area (Å²) in [6.45, 7) is 5.48. The minimum Gasteiger partial charge on any atom is -0.267 e. The van der Waals surface area contributed by atoms with Crippen molar-refractivity contribution in [1.82, 2.24) is 9.78 Å². The molecule has 0 aliphatic rings. The lowest BCUT2D eigenvalue weighted by molar-refractivity contribution is 0.771. The van der Waals surface area contributed by atoms with Gasteiger partial charge in [0.25, 0.3) is 5.56 Å². The Morgan fingerprint density at radius 1 is 1.26 bits per heavy atom. The SMILES string of the molecule is CCc1ccc(-n2nc(C)c(C#N)c(C)c2=O)cc1. The number of nitrogens with zero attached hydrogens (tertiary/aromatic N) is 3.